The van der Waals surface area contributed by atoms with Crippen LogP contribution in [0.3, 0.4) is 0 Å². The summed E-state index contributed by atoms with van der Waals surface area (Å²) >= 11 is 5.74. The topological polar surface area (TPSA) is 18.5 Å². The van der Waals surface area contributed by atoms with Crippen LogP contribution in [-0.4, -0.2) is 27.7 Å². The number of halogens is 1. The summed E-state index contributed by atoms with van der Waals surface area (Å²) < 4.78 is 12.0. The summed E-state index contributed by atoms with van der Waals surface area (Å²) in [4.78, 5) is 0. The molecule has 16 heavy (non-hydrogen) atoms. The van der Waals surface area contributed by atoms with Crippen molar-refractivity contribution in [2.45, 2.75) is 46.7 Å². The zero-order valence-corrected chi connectivity index (χ0v) is 13.1. The third-order valence-electron chi connectivity index (χ3n) is 2.21. The molecule has 0 aromatic heterocycles. The summed E-state index contributed by atoms with van der Waals surface area (Å²) in [5.41, 5.74) is 0. The van der Waals surface area contributed by atoms with Crippen molar-refractivity contribution in [2.24, 2.45) is 11.8 Å². The largest absolute Gasteiger partial charge is 0.394 e. The first-order valence-electron chi connectivity index (χ1n) is 6.23. The van der Waals surface area contributed by atoms with Crippen LogP contribution in [0.25, 0.3) is 0 Å². The Labute approximate surface area is 107 Å². The van der Waals surface area contributed by atoms with E-state index in [9.17, 15) is 0 Å². The van der Waals surface area contributed by atoms with E-state index in [0.717, 1.165) is 25.7 Å². The zero-order chi connectivity index (χ0) is 12.6. The van der Waals surface area contributed by atoms with Gasteiger partial charge in [-0.3, -0.25) is 0 Å². The molecule has 98 valence electrons. The standard InChI is InChI=1S/C12H27ClO2Si/c1-11(2)9-14-16(5,8-6-7-13)15-10-12(3)4/h11-12H,6-10H2,1-5H3. The van der Waals surface area contributed by atoms with Gasteiger partial charge in [-0.25, -0.2) is 0 Å². The van der Waals surface area contributed by atoms with Crippen LogP contribution >= 0.6 is 11.6 Å². The quantitative estimate of drug-likeness (QED) is 0.463. The van der Waals surface area contributed by atoms with E-state index in [2.05, 4.69) is 34.2 Å². The summed E-state index contributed by atoms with van der Waals surface area (Å²) in [7, 11) is -1.98. The number of hydrogen-bond donors (Lipinski definition) is 0. The Kier molecular flexibility index (Phi) is 8.73. The van der Waals surface area contributed by atoms with Crippen molar-refractivity contribution in [3.63, 3.8) is 0 Å². The molecule has 0 radical (unpaired) electrons. The van der Waals surface area contributed by atoms with Crippen LogP contribution in [0, 0.1) is 11.8 Å². The Morgan fingerprint density at radius 1 is 1.00 bits per heavy atom. The van der Waals surface area contributed by atoms with E-state index in [1.807, 2.05) is 0 Å². The maximum absolute atomic E-state index is 6.00. The lowest BCUT2D eigenvalue weighted by atomic mass is 10.2. The summed E-state index contributed by atoms with van der Waals surface area (Å²) in [6, 6.07) is 0.996. The monoisotopic (exact) mass is 266 g/mol. The van der Waals surface area contributed by atoms with Crippen LogP contribution in [0.4, 0.5) is 0 Å². The smallest absolute Gasteiger partial charge is 0.334 e. The van der Waals surface area contributed by atoms with Gasteiger partial charge in [-0.05, 0) is 30.8 Å². The second-order valence-electron chi connectivity index (χ2n) is 5.34. The Hall–Kier alpha value is 0.427. The minimum Gasteiger partial charge on any atom is -0.394 e. The lowest BCUT2D eigenvalue weighted by molar-refractivity contribution is 0.142. The van der Waals surface area contributed by atoms with Crippen LogP contribution in [0.1, 0.15) is 34.1 Å². The molecule has 0 aliphatic carbocycles. The SMILES string of the molecule is CC(C)CO[Si](C)(CCCCl)OCC(C)C. The van der Waals surface area contributed by atoms with Crippen LogP contribution in [0.5, 0.6) is 0 Å². The van der Waals surface area contributed by atoms with Crippen LogP contribution in [-0.2, 0) is 8.85 Å². The van der Waals surface area contributed by atoms with E-state index in [4.69, 9.17) is 20.5 Å². The molecule has 0 amide bonds. The van der Waals surface area contributed by atoms with E-state index >= 15 is 0 Å². The van der Waals surface area contributed by atoms with Gasteiger partial charge in [0.2, 0.25) is 0 Å². The van der Waals surface area contributed by atoms with Crippen molar-refractivity contribution >= 4 is 20.2 Å². The molecule has 0 unspecified atom stereocenters. The van der Waals surface area contributed by atoms with Gasteiger partial charge in [0.05, 0.1) is 0 Å². The molecular formula is C12H27ClO2Si. The molecule has 4 heteroatoms. The van der Waals surface area contributed by atoms with Crippen LogP contribution in [0.15, 0.2) is 0 Å². The molecule has 0 aliphatic heterocycles. The molecular weight excluding hydrogens is 240 g/mol. The highest BCUT2D eigenvalue weighted by Gasteiger charge is 2.31. The van der Waals surface area contributed by atoms with Crippen molar-refractivity contribution in [3.8, 4) is 0 Å². The van der Waals surface area contributed by atoms with Crippen molar-refractivity contribution < 1.29 is 8.85 Å². The first kappa shape index (κ1) is 16.4. The van der Waals surface area contributed by atoms with Gasteiger partial charge in [0, 0.05) is 19.1 Å². The van der Waals surface area contributed by atoms with Crippen molar-refractivity contribution in [1.82, 2.24) is 0 Å². The minimum atomic E-state index is -1.98. The maximum Gasteiger partial charge on any atom is 0.334 e. The molecule has 0 rings (SSSR count). The second kappa shape index (κ2) is 8.51. The third-order valence-corrected chi connectivity index (χ3v) is 5.29. The summed E-state index contributed by atoms with van der Waals surface area (Å²) in [5.74, 6) is 1.81. The second-order valence-corrected chi connectivity index (χ2v) is 9.06. The van der Waals surface area contributed by atoms with Gasteiger partial charge in [0.15, 0.2) is 0 Å². The molecule has 0 saturated carbocycles. The van der Waals surface area contributed by atoms with Gasteiger partial charge in [0.1, 0.15) is 0 Å². The van der Waals surface area contributed by atoms with Crippen molar-refractivity contribution in [1.29, 1.82) is 0 Å². The zero-order valence-electron chi connectivity index (χ0n) is 11.4. The fourth-order valence-electron chi connectivity index (χ4n) is 1.26. The summed E-state index contributed by atoms with van der Waals surface area (Å²) in [5, 5.41) is 0. The van der Waals surface area contributed by atoms with E-state index in [-0.39, 0.29) is 0 Å². The van der Waals surface area contributed by atoms with Crippen molar-refractivity contribution in [2.75, 3.05) is 19.1 Å². The summed E-state index contributed by atoms with van der Waals surface area (Å²) in [6.45, 7) is 12.4. The van der Waals surface area contributed by atoms with E-state index in [1.54, 1.807) is 0 Å². The highest BCUT2D eigenvalue weighted by atomic mass is 35.5. The third kappa shape index (κ3) is 8.56. The molecule has 2 nitrogen and oxygen atoms in total. The maximum atomic E-state index is 6.00. The van der Waals surface area contributed by atoms with Gasteiger partial charge < -0.3 is 8.85 Å². The normalized spacial score (nSPS) is 12.8. The van der Waals surface area contributed by atoms with Crippen LogP contribution in [0.2, 0.25) is 12.6 Å². The number of alkyl halides is 1. The molecule has 0 atom stereocenters. The minimum absolute atomic E-state index is 0.561. The Morgan fingerprint density at radius 3 is 1.75 bits per heavy atom. The molecule has 0 bridgehead atoms. The van der Waals surface area contributed by atoms with Gasteiger partial charge in [-0.1, -0.05) is 27.7 Å². The number of rotatable bonds is 9. The highest BCUT2D eigenvalue weighted by Crippen LogP contribution is 2.18. The Morgan fingerprint density at radius 2 is 1.44 bits per heavy atom. The average molecular weight is 267 g/mol. The summed E-state index contributed by atoms with van der Waals surface area (Å²) in [6.07, 6.45) is 0.987. The molecule has 0 N–H and O–H groups in total. The predicted molar refractivity (Wildman–Crippen MR) is 73.3 cm³/mol. The van der Waals surface area contributed by atoms with E-state index in [1.165, 1.54) is 0 Å². The first-order chi connectivity index (χ1) is 7.39. The fourth-order valence-corrected chi connectivity index (χ4v) is 4.18. The van der Waals surface area contributed by atoms with Gasteiger partial charge in [-0.2, -0.15) is 0 Å². The lowest BCUT2D eigenvalue weighted by Gasteiger charge is -2.28. The van der Waals surface area contributed by atoms with Crippen molar-refractivity contribution in [3.05, 3.63) is 0 Å². The van der Waals surface area contributed by atoms with E-state index < -0.39 is 8.56 Å². The molecule has 0 aromatic rings. The van der Waals surface area contributed by atoms with E-state index in [0.29, 0.717) is 17.7 Å². The average Bonchev–Trinajstić information content (AvgIpc) is 2.21. The molecule has 0 saturated heterocycles. The Bertz CT molecular complexity index is 162. The molecule has 0 aromatic carbocycles. The highest BCUT2D eigenvalue weighted by molar-refractivity contribution is 6.66. The first-order valence-corrected chi connectivity index (χ1v) is 9.29. The van der Waals surface area contributed by atoms with Gasteiger partial charge in [-0.15, -0.1) is 11.6 Å². The van der Waals surface area contributed by atoms with Gasteiger partial charge >= 0.3 is 8.56 Å². The fraction of sp³-hybridized carbons (Fsp3) is 1.00. The molecule has 0 aliphatic rings. The Balaban J connectivity index is 4.12. The molecule has 0 spiro atoms. The lowest BCUT2D eigenvalue weighted by Crippen LogP contribution is -2.40. The predicted octanol–water partition coefficient (Wildman–Crippen LogP) is 4.03. The van der Waals surface area contributed by atoms with Gasteiger partial charge in [0.25, 0.3) is 0 Å². The number of hydrogen-bond acceptors (Lipinski definition) is 2. The molecule has 0 heterocycles. The molecule has 0 fully saturated rings. The van der Waals surface area contributed by atoms with Crippen LogP contribution < -0.4 is 0 Å².